The van der Waals surface area contributed by atoms with Crippen molar-refractivity contribution in [2.45, 2.75) is 20.4 Å². The van der Waals surface area contributed by atoms with Gasteiger partial charge in [-0.3, -0.25) is 14.8 Å². The molecule has 1 aromatic carbocycles. The molecule has 2 aromatic rings. The molecule has 0 bridgehead atoms. The quantitative estimate of drug-likeness (QED) is 0.688. The molecule has 1 N–H and O–H groups in total. The summed E-state index contributed by atoms with van der Waals surface area (Å²) in [7, 11) is 0. The largest absolute Gasteiger partial charge is 0.478 e. The van der Waals surface area contributed by atoms with E-state index in [1.165, 1.54) is 23.7 Å². The van der Waals surface area contributed by atoms with E-state index in [0.717, 1.165) is 6.07 Å². The highest BCUT2D eigenvalue weighted by Gasteiger charge is 2.21. The van der Waals surface area contributed by atoms with Gasteiger partial charge in [-0.2, -0.15) is 9.49 Å². The number of carboxylic acid groups (broad SMARTS) is 1. The number of nitro groups is 1. The molecule has 0 aliphatic carbocycles. The molecule has 1 aromatic heterocycles. The van der Waals surface area contributed by atoms with Crippen molar-refractivity contribution in [3.05, 3.63) is 56.6 Å². The number of nitrogens with zero attached hydrogens (tertiary/aromatic N) is 3. The predicted molar refractivity (Wildman–Crippen MR) is 70.8 cm³/mol. The molecule has 8 heteroatoms. The summed E-state index contributed by atoms with van der Waals surface area (Å²) in [6, 6.07) is 3.85. The molecule has 2 rings (SSSR count). The zero-order chi connectivity index (χ0) is 15.7. The molecule has 0 aliphatic rings. The Morgan fingerprint density at radius 2 is 2.14 bits per heavy atom. The zero-order valence-corrected chi connectivity index (χ0v) is 11.3. The fraction of sp³-hybridized carbons (Fsp3) is 0.231. The fourth-order valence-corrected chi connectivity index (χ4v) is 2.15. The Bertz CT molecular complexity index is 739. The average molecular weight is 293 g/mol. The van der Waals surface area contributed by atoms with Gasteiger partial charge in [0.25, 0.3) is 0 Å². The molecule has 1 heterocycles. The molecular weight excluding hydrogens is 281 g/mol. The number of aromatic nitrogens is 2. The van der Waals surface area contributed by atoms with Gasteiger partial charge in [-0.15, -0.1) is 0 Å². The van der Waals surface area contributed by atoms with Crippen molar-refractivity contribution in [2.24, 2.45) is 0 Å². The molecule has 0 aliphatic heterocycles. The van der Waals surface area contributed by atoms with Gasteiger partial charge in [-0.25, -0.2) is 4.79 Å². The maximum absolute atomic E-state index is 14.0. The molecule has 0 unspecified atom stereocenters. The Morgan fingerprint density at radius 3 is 2.67 bits per heavy atom. The Hall–Kier alpha value is -2.77. The van der Waals surface area contributed by atoms with Crippen molar-refractivity contribution in [3.8, 4) is 0 Å². The van der Waals surface area contributed by atoms with Gasteiger partial charge in [-0.05, 0) is 13.8 Å². The van der Waals surface area contributed by atoms with E-state index in [-0.39, 0.29) is 17.7 Å². The number of carboxylic acids is 1. The smallest absolute Gasteiger partial charge is 0.339 e. The minimum Gasteiger partial charge on any atom is -0.478 e. The first-order chi connectivity index (χ1) is 9.82. The van der Waals surface area contributed by atoms with Crippen molar-refractivity contribution in [1.29, 1.82) is 0 Å². The monoisotopic (exact) mass is 293 g/mol. The van der Waals surface area contributed by atoms with Crippen LogP contribution in [0.4, 0.5) is 10.1 Å². The van der Waals surface area contributed by atoms with Crippen LogP contribution in [-0.4, -0.2) is 25.8 Å². The summed E-state index contributed by atoms with van der Waals surface area (Å²) in [5.41, 5.74) is 0.191. The summed E-state index contributed by atoms with van der Waals surface area (Å²) in [6.07, 6.45) is 0. The highest BCUT2D eigenvalue weighted by atomic mass is 19.1. The number of aryl methyl sites for hydroxylation is 1. The van der Waals surface area contributed by atoms with Gasteiger partial charge in [0.2, 0.25) is 5.82 Å². The van der Waals surface area contributed by atoms with Gasteiger partial charge in [0, 0.05) is 11.6 Å². The number of benzene rings is 1. The van der Waals surface area contributed by atoms with Crippen LogP contribution in [0.3, 0.4) is 0 Å². The van der Waals surface area contributed by atoms with Crippen LogP contribution in [0.25, 0.3) is 0 Å². The highest BCUT2D eigenvalue weighted by Crippen LogP contribution is 2.22. The lowest BCUT2D eigenvalue weighted by Crippen LogP contribution is -2.08. The molecule has 0 spiro atoms. The summed E-state index contributed by atoms with van der Waals surface area (Å²) < 4.78 is 15.3. The average Bonchev–Trinajstić information content (AvgIpc) is 2.66. The number of halogens is 1. The van der Waals surface area contributed by atoms with Crippen molar-refractivity contribution >= 4 is 11.7 Å². The third-order valence-corrected chi connectivity index (χ3v) is 3.17. The van der Waals surface area contributed by atoms with Crippen LogP contribution in [0.2, 0.25) is 0 Å². The SMILES string of the molecule is Cc1nn(Cc2cccc([N+](=O)[O-])c2F)c(C)c1C(=O)O. The van der Waals surface area contributed by atoms with E-state index >= 15 is 0 Å². The van der Waals surface area contributed by atoms with Crippen molar-refractivity contribution < 1.29 is 19.2 Å². The number of nitro benzene ring substituents is 1. The summed E-state index contributed by atoms with van der Waals surface area (Å²) in [4.78, 5) is 21.0. The summed E-state index contributed by atoms with van der Waals surface area (Å²) in [6.45, 7) is 3.02. The van der Waals surface area contributed by atoms with Crippen LogP contribution < -0.4 is 0 Å². The maximum Gasteiger partial charge on any atom is 0.339 e. The maximum atomic E-state index is 14.0. The van der Waals surface area contributed by atoms with Crippen LogP contribution in [0.15, 0.2) is 18.2 Å². The zero-order valence-electron chi connectivity index (χ0n) is 11.3. The summed E-state index contributed by atoms with van der Waals surface area (Å²) >= 11 is 0. The summed E-state index contributed by atoms with van der Waals surface area (Å²) in [5, 5.41) is 23.8. The summed E-state index contributed by atoms with van der Waals surface area (Å²) in [5.74, 6) is -2.05. The van der Waals surface area contributed by atoms with E-state index in [0.29, 0.717) is 11.4 Å². The van der Waals surface area contributed by atoms with Gasteiger partial charge in [-0.1, -0.05) is 12.1 Å². The third kappa shape index (κ3) is 2.60. The number of carbonyl (C=O) groups is 1. The molecule has 0 saturated heterocycles. The van der Waals surface area contributed by atoms with Crippen LogP contribution >= 0.6 is 0 Å². The first kappa shape index (κ1) is 14.6. The second kappa shape index (κ2) is 5.31. The first-order valence-corrected chi connectivity index (χ1v) is 6.02. The van der Waals surface area contributed by atoms with Gasteiger partial charge < -0.3 is 5.11 Å². The Kier molecular flexibility index (Phi) is 3.70. The third-order valence-electron chi connectivity index (χ3n) is 3.17. The minimum atomic E-state index is -1.12. The second-order valence-electron chi connectivity index (χ2n) is 4.52. The van der Waals surface area contributed by atoms with E-state index in [1.807, 2.05) is 0 Å². The lowest BCUT2D eigenvalue weighted by Gasteiger charge is -2.06. The Balaban J connectivity index is 2.44. The van der Waals surface area contributed by atoms with Gasteiger partial charge >= 0.3 is 11.7 Å². The molecule has 0 saturated carbocycles. The molecule has 0 amide bonds. The van der Waals surface area contributed by atoms with Crippen LogP contribution in [0.5, 0.6) is 0 Å². The first-order valence-electron chi connectivity index (χ1n) is 6.02. The molecule has 0 fully saturated rings. The molecule has 0 radical (unpaired) electrons. The molecule has 7 nitrogen and oxygen atoms in total. The molecule has 0 atom stereocenters. The van der Waals surface area contributed by atoms with E-state index in [4.69, 9.17) is 5.11 Å². The Morgan fingerprint density at radius 1 is 1.48 bits per heavy atom. The van der Waals surface area contributed by atoms with E-state index in [1.54, 1.807) is 6.92 Å². The minimum absolute atomic E-state index is 0.0563. The highest BCUT2D eigenvalue weighted by molar-refractivity contribution is 5.90. The number of hydrogen-bond acceptors (Lipinski definition) is 4. The Labute approximate surface area is 118 Å². The van der Waals surface area contributed by atoms with Crippen molar-refractivity contribution in [1.82, 2.24) is 9.78 Å². The van der Waals surface area contributed by atoms with Crippen LogP contribution in [0.1, 0.15) is 27.3 Å². The van der Waals surface area contributed by atoms with Gasteiger partial charge in [0.15, 0.2) is 0 Å². The molecular formula is C13H12FN3O4. The lowest BCUT2D eigenvalue weighted by molar-refractivity contribution is -0.387. The topological polar surface area (TPSA) is 98.3 Å². The lowest BCUT2D eigenvalue weighted by atomic mass is 10.1. The van der Waals surface area contributed by atoms with Crippen molar-refractivity contribution in [2.75, 3.05) is 0 Å². The van der Waals surface area contributed by atoms with E-state index < -0.39 is 22.4 Å². The number of hydrogen-bond donors (Lipinski definition) is 1. The molecule has 110 valence electrons. The van der Waals surface area contributed by atoms with E-state index in [2.05, 4.69) is 5.10 Å². The van der Waals surface area contributed by atoms with Crippen molar-refractivity contribution in [3.63, 3.8) is 0 Å². The van der Waals surface area contributed by atoms with E-state index in [9.17, 15) is 19.3 Å². The number of aromatic carboxylic acids is 1. The van der Waals surface area contributed by atoms with Gasteiger partial charge in [0.05, 0.1) is 22.9 Å². The van der Waals surface area contributed by atoms with Crippen LogP contribution in [0, 0.1) is 29.8 Å². The van der Waals surface area contributed by atoms with Crippen LogP contribution in [-0.2, 0) is 6.54 Å². The number of rotatable bonds is 4. The molecule has 21 heavy (non-hydrogen) atoms. The normalized spacial score (nSPS) is 10.6. The van der Waals surface area contributed by atoms with Gasteiger partial charge in [0.1, 0.15) is 5.56 Å². The predicted octanol–water partition coefficient (Wildman–Crippen LogP) is 2.29. The standard InChI is InChI=1S/C13H12FN3O4/c1-7-11(13(18)19)8(2)16(15-7)6-9-4-3-5-10(12(9)14)17(20)21/h3-5H,6H2,1-2H3,(H,18,19). The second-order valence-corrected chi connectivity index (χ2v) is 4.52. The fourth-order valence-electron chi connectivity index (χ4n) is 2.15.